The Labute approximate surface area is 139 Å². The van der Waals surface area contributed by atoms with Gasteiger partial charge in [0.05, 0.1) is 0 Å². The van der Waals surface area contributed by atoms with Crippen molar-refractivity contribution in [1.82, 2.24) is 0 Å². The molecule has 0 radical (unpaired) electrons. The Kier molecular flexibility index (Phi) is 6.45. The highest BCUT2D eigenvalue weighted by Crippen LogP contribution is 2.39. The van der Waals surface area contributed by atoms with Crippen LogP contribution < -0.4 is 0 Å². The SMILES string of the molecule is O=C(OCc1ccccc1)[C@H](Cc1ccccc1)OP(O)(O)=S. The summed E-state index contributed by atoms with van der Waals surface area (Å²) in [5, 5.41) is 0. The third-order valence-electron chi connectivity index (χ3n) is 3.02. The number of rotatable bonds is 7. The van der Waals surface area contributed by atoms with E-state index in [0.717, 1.165) is 11.1 Å². The average Bonchev–Trinajstić information content (AvgIpc) is 2.53. The van der Waals surface area contributed by atoms with Crippen LogP contribution in [0.2, 0.25) is 0 Å². The third-order valence-corrected chi connectivity index (χ3v) is 3.80. The lowest BCUT2D eigenvalue weighted by Gasteiger charge is -2.19. The lowest BCUT2D eigenvalue weighted by molar-refractivity contribution is -0.153. The fourth-order valence-electron chi connectivity index (χ4n) is 1.98. The molecule has 0 saturated heterocycles. The minimum atomic E-state index is -3.98. The number of hydrogen-bond donors (Lipinski definition) is 2. The number of carbonyl (C=O) groups is 1. The van der Waals surface area contributed by atoms with Gasteiger partial charge in [-0.15, -0.1) is 0 Å². The average molecular weight is 352 g/mol. The summed E-state index contributed by atoms with van der Waals surface area (Å²) in [5.41, 5.74) is 1.63. The van der Waals surface area contributed by atoms with E-state index in [2.05, 4.69) is 11.8 Å². The summed E-state index contributed by atoms with van der Waals surface area (Å²) in [6, 6.07) is 18.3. The molecular weight excluding hydrogens is 335 g/mol. The van der Waals surface area contributed by atoms with E-state index in [-0.39, 0.29) is 13.0 Å². The van der Waals surface area contributed by atoms with Gasteiger partial charge in [0.25, 0.3) is 0 Å². The van der Waals surface area contributed by atoms with Crippen LogP contribution in [0.15, 0.2) is 60.7 Å². The van der Waals surface area contributed by atoms with Crippen molar-refractivity contribution in [3.8, 4) is 0 Å². The van der Waals surface area contributed by atoms with Crippen molar-refractivity contribution < 1.29 is 23.8 Å². The van der Waals surface area contributed by atoms with Gasteiger partial charge in [0.1, 0.15) is 6.61 Å². The van der Waals surface area contributed by atoms with E-state index in [9.17, 15) is 14.6 Å². The van der Waals surface area contributed by atoms with Gasteiger partial charge in [-0.2, -0.15) is 0 Å². The van der Waals surface area contributed by atoms with Crippen molar-refractivity contribution in [2.75, 3.05) is 0 Å². The zero-order valence-electron chi connectivity index (χ0n) is 12.2. The maximum Gasteiger partial charge on any atom is 0.336 e. The van der Waals surface area contributed by atoms with Crippen LogP contribution in [0.1, 0.15) is 11.1 Å². The molecule has 0 aromatic heterocycles. The Morgan fingerprint density at radius 2 is 1.52 bits per heavy atom. The topological polar surface area (TPSA) is 76.0 Å². The lowest BCUT2D eigenvalue weighted by Crippen LogP contribution is -2.28. The van der Waals surface area contributed by atoms with E-state index in [1.807, 2.05) is 48.5 Å². The predicted molar refractivity (Wildman–Crippen MR) is 90.0 cm³/mol. The quantitative estimate of drug-likeness (QED) is 0.589. The van der Waals surface area contributed by atoms with Crippen molar-refractivity contribution in [3.05, 3.63) is 71.8 Å². The van der Waals surface area contributed by atoms with Gasteiger partial charge in [0, 0.05) is 6.42 Å². The Morgan fingerprint density at radius 3 is 2.04 bits per heavy atom. The van der Waals surface area contributed by atoms with E-state index in [1.54, 1.807) is 12.1 Å². The molecule has 0 fully saturated rings. The van der Waals surface area contributed by atoms with E-state index in [1.165, 1.54) is 0 Å². The summed E-state index contributed by atoms with van der Waals surface area (Å²) in [6.07, 6.45) is -1.02. The van der Waals surface area contributed by atoms with Crippen molar-refractivity contribution in [1.29, 1.82) is 0 Å². The largest absolute Gasteiger partial charge is 0.459 e. The molecule has 2 N–H and O–H groups in total. The first-order valence-electron chi connectivity index (χ1n) is 6.92. The van der Waals surface area contributed by atoms with Gasteiger partial charge in [-0.1, -0.05) is 60.7 Å². The summed E-state index contributed by atoms with van der Waals surface area (Å²) in [5.74, 6) is -0.685. The Morgan fingerprint density at radius 1 is 1.00 bits per heavy atom. The lowest BCUT2D eigenvalue weighted by atomic mass is 10.1. The summed E-state index contributed by atoms with van der Waals surface area (Å²) >= 11 is 4.47. The third kappa shape index (κ3) is 6.60. The number of esters is 1. The van der Waals surface area contributed by atoms with Gasteiger partial charge in [0.15, 0.2) is 6.10 Å². The second kappa shape index (κ2) is 8.34. The summed E-state index contributed by atoms with van der Waals surface area (Å²) in [4.78, 5) is 30.9. The van der Waals surface area contributed by atoms with Gasteiger partial charge in [0.2, 0.25) is 0 Å². The molecule has 122 valence electrons. The van der Waals surface area contributed by atoms with Crippen LogP contribution in [0.25, 0.3) is 0 Å². The second-order valence-electron chi connectivity index (χ2n) is 4.87. The molecule has 0 bridgehead atoms. The number of benzene rings is 2. The molecule has 0 aliphatic heterocycles. The number of carbonyl (C=O) groups excluding carboxylic acids is 1. The summed E-state index contributed by atoms with van der Waals surface area (Å²) in [7, 11) is 0. The smallest absolute Gasteiger partial charge is 0.336 e. The normalized spacial score (nSPS) is 12.6. The van der Waals surface area contributed by atoms with Crippen molar-refractivity contribution in [3.63, 3.8) is 0 Å². The Hall–Kier alpha value is -1.56. The van der Waals surface area contributed by atoms with Crippen LogP contribution in [0.4, 0.5) is 0 Å². The minimum Gasteiger partial charge on any atom is -0.459 e. The van der Waals surface area contributed by atoms with Crippen LogP contribution in [0.5, 0.6) is 0 Å². The molecule has 7 heteroatoms. The van der Waals surface area contributed by atoms with E-state index < -0.39 is 18.8 Å². The van der Waals surface area contributed by atoms with Gasteiger partial charge in [-0.25, -0.2) is 4.79 Å². The van der Waals surface area contributed by atoms with Gasteiger partial charge in [-0.3, -0.25) is 4.52 Å². The fourth-order valence-corrected chi connectivity index (χ4v) is 2.78. The molecule has 2 aromatic rings. The highest BCUT2D eigenvalue weighted by molar-refractivity contribution is 8.06. The molecule has 0 spiro atoms. The minimum absolute atomic E-state index is 0.0774. The van der Waals surface area contributed by atoms with Crippen LogP contribution in [-0.4, -0.2) is 21.9 Å². The molecule has 0 amide bonds. The maximum absolute atomic E-state index is 12.2. The Balaban J connectivity index is 2.03. The molecule has 0 aliphatic rings. The molecule has 2 rings (SSSR count). The first-order valence-corrected chi connectivity index (χ1v) is 9.55. The van der Waals surface area contributed by atoms with Crippen LogP contribution >= 0.6 is 6.72 Å². The highest BCUT2D eigenvalue weighted by atomic mass is 32.5. The molecule has 0 heterocycles. The monoisotopic (exact) mass is 352 g/mol. The van der Waals surface area contributed by atoms with Crippen molar-refractivity contribution in [2.45, 2.75) is 19.1 Å². The van der Waals surface area contributed by atoms with E-state index in [0.29, 0.717) is 0 Å². The van der Waals surface area contributed by atoms with Crippen LogP contribution in [-0.2, 0) is 38.9 Å². The molecule has 23 heavy (non-hydrogen) atoms. The van der Waals surface area contributed by atoms with Gasteiger partial charge >= 0.3 is 12.7 Å². The van der Waals surface area contributed by atoms with Crippen molar-refractivity contribution >= 4 is 24.5 Å². The number of hydrogen-bond acceptors (Lipinski definition) is 4. The predicted octanol–water partition coefficient (Wildman–Crippen LogP) is 2.57. The highest BCUT2D eigenvalue weighted by Gasteiger charge is 2.27. The molecule has 1 atom stereocenters. The molecule has 5 nitrogen and oxygen atoms in total. The fraction of sp³-hybridized carbons (Fsp3) is 0.188. The molecule has 0 aliphatic carbocycles. The molecule has 2 aromatic carbocycles. The van der Waals surface area contributed by atoms with Crippen LogP contribution in [0, 0.1) is 0 Å². The van der Waals surface area contributed by atoms with Gasteiger partial charge < -0.3 is 14.5 Å². The van der Waals surface area contributed by atoms with E-state index >= 15 is 0 Å². The molecular formula is C16H17O5PS. The van der Waals surface area contributed by atoms with Crippen LogP contribution in [0.3, 0.4) is 0 Å². The summed E-state index contributed by atoms with van der Waals surface area (Å²) < 4.78 is 10.1. The maximum atomic E-state index is 12.2. The molecule has 0 unspecified atom stereocenters. The zero-order chi connectivity index (χ0) is 16.7. The first kappa shape index (κ1) is 17.8. The van der Waals surface area contributed by atoms with Gasteiger partial charge in [-0.05, 0) is 22.9 Å². The Bertz CT molecular complexity index is 671. The summed E-state index contributed by atoms with van der Waals surface area (Å²) in [6.45, 7) is -3.90. The first-order chi connectivity index (χ1) is 10.9. The molecule has 0 saturated carbocycles. The number of ether oxygens (including phenoxy) is 1. The van der Waals surface area contributed by atoms with Crippen molar-refractivity contribution in [2.24, 2.45) is 0 Å². The van der Waals surface area contributed by atoms with E-state index in [4.69, 9.17) is 9.26 Å². The standard InChI is InChI=1S/C16H17O5PS/c17-16(20-12-14-9-5-2-6-10-14)15(21-22(18,19)23)11-13-7-3-1-4-8-13/h1-10,15H,11-12H2,(H2,18,19,23)/t15-/m0/s1. The second-order valence-corrected chi connectivity index (χ2v) is 7.49. The zero-order valence-corrected chi connectivity index (χ0v) is 14.0.